The van der Waals surface area contributed by atoms with Gasteiger partial charge in [-0.15, -0.1) is 0 Å². The van der Waals surface area contributed by atoms with E-state index in [4.69, 9.17) is 29.0 Å². The summed E-state index contributed by atoms with van der Waals surface area (Å²) in [5, 5.41) is 20.9. The van der Waals surface area contributed by atoms with Crippen molar-refractivity contribution < 1.29 is 71.1 Å². The van der Waals surface area contributed by atoms with Crippen molar-refractivity contribution in [2.75, 3.05) is 25.6 Å². The third-order valence-corrected chi connectivity index (χ3v) is 13.7. The molecule has 0 radical (unpaired) electrons. The summed E-state index contributed by atoms with van der Waals surface area (Å²) < 4.78 is 56.5. The summed E-state index contributed by atoms with van der Waals surface area (Å²) in [4.78, 5) is 74.2. The van der Waals surface area contributed by atoms with Gasteiger partial charge < -0.3 is 39.9 Å². The highest BCUT2D eigenvalue weighted by Gasteiger charge is 2.46. The van der Waals surface area contributed by atoms with E-state index in [1.807, 2.05) is 12.2 Å². The zero-order valence-electron chi connectivity index (χ0n) is 41.8. The molecule has 1 saturated heterocycles. The fourth-order valence-electron chi connectivity index (χ4n) is 7.08. The molecular weight excluding hydrogens is 961 g/mol. The van der Waals surface area contributed by atoms with Crippen molar-refractivity contribution in [3.8, 4) is 0 Å². The Balaban J connectivity index is 1.87. The first-order valence-electron chi connectivity index (χ1n) is 25.3. The Hall–Kier alpha value is -3.87. The number of nitrogens with zero attached hydrogens (tertiary/aromatic N) is 2. The quantitative estimate of drug-likeness (QED) is 0.0102. The largest absolute Gasteiger partial charge is 0.481 e. The van der Waals surface area contributed by atoms with Crippen molar-refractivity contribution in [3.63, 3.8) is 0 Å². The standard InChI is InChI=1S/C50H81N3O16P2/c1-3-5-7-9-11-13-15-17-18-20-22-24-26-28-30-34-45(55)64-38-42(67-46(56)35-31-33-41(54)32-29-27-25-23-21-19-16-14-12-10-8-6-4-2)39-65-70(60,61)69-71(62,63)66-40-43-47(57)48(58)49(68-43)53-37-36-44(51)52-50(53)59/h12,14,17-19,21,25,27,29,32,36-37,42-43,47-49,57-58H,3-11,13,15-16,20,22-24,26,28,30-31,33-35,38-40H2,1-2H3,(H,60,61)(H,62,63)(H2,51,52,59)/b14-12-,18-17-,21-19-,27-25-,32-29+/t42-,43-,47-,48-,49-/m1/s1. The maximum atomic E-state index is 12.8. The van der Waals surface area contributed by atoms with Crippen LogP contribution in [0.15, 0.2) is 77.8 Å². The summed E-state index contributed by atoms with van der Waals surface area (Å²) in [6.45, 7) is 1.87. The zero-order valence-corrected chi connectivity index (χ0v) is 43.5. The van der Waals surface area contributed by atoms with Gasteiger partial charge in [-0.05, 0) is 76.4 Å². The molecule has 2 rings (SSSR count). The maximum Gasteiger partial charge on any atom is 0.481 e. The Morgan fingerprint density at radius 3 is 1.96 bits per heavy atom. The second kappa shape index (κ2) is 37.8. The molecule has 71 heavy (non-hydrogen) atoms. The molecule has 0 amide bonds. The maximum absolute atomic E-state index is 12.8. The van der Waals surface area contributed by atoms with Crippen LogP contribution in [0, 0.1) is 0 Å². The lowest BCUT2D eigenvalue weighted by molar-refractivity contribution is -0.161. The molecule has 0 saturated carbocycles. The number of hydrogen-bond acceptors (Lipinski definition) is 16. The number of unbranched alkanes of at least 4 members (excludes halogenated alkanes) is 14. The Kier molecular flexibility index (Phi) is 33.7. The van der Waals surface area contributed by atoms with Crippen molar-refractivity contribution in [1.82, 2.24) is 9.55 Å². The summed E-state index contributed by atoms with van der Waals surface area (Å²) in [6, 6.07) is 1.23. The minimum atomic E-state index is -5.49. The number of aliphatic hydroxyl groups excluding tert-OH is 2. The first-order valence-corrected chi connectivity index (χ1v) is 28.2. The number of ether oxygens (including phenoxy) is 3. The number of phosphoric ester groups is 2. The van der Waals surface area contributed by atoms with Gasteiger partial charge in [-0.1, -0.05) is 133 Å². The van der Waals surface area contributed by atoms with E-state index in [9.17, 15) is 48.3 Å². The zero-order chi connectivity index (χ0) is 52.2. The predicted molar refractivity (Wildman–Crippen MR) is 271 cm³/mol. The second-order valence-corrected chi connectivity index (χ2v) is 20.4. The van der Waals surface area contributed by atoms with Crippen LogP contribution < -0.4 is 11.4 Å². The van der Waals surface area contributed by atoms with Gasteiger partial charge in [0.1, 0.15) is 30.7 Å². The molecule has 1 aliphatic heterocycles. The molecule has 7 atom stereocenters. The molecular formula is C50H81N3O16P2. The number of aromatic nitrogens is 2. The molecule has 1 aromatic heterocycles. The van der Waals surface area contributed by atoms with E-state index in [-0.39, 0.29) is 37.3 Å². The molecule has 0 bridgehead atoms. The van der Waals surface area contributed by atoms with E-state index in [1.165, 1.54) is 69.9 Å². The minimum absolute atomic E-state index is 0.0150. The fraction of sp³-hybridized carbons (Fsp3) is 0.660. The van der Waals surface area contributed by atoms with Crippen molar-refractivity contribution in [1.29, 1.82) is 0 Å². The molecule has 1 aromatic rings. The molecule has 6 N–H and O–H groups in total. The molecule has 0 aliphatic carbocycles. The van der Waals surface area contributed by atoms with Crippen LogP contribution in [-0.2, 0) is 51.1 Å². The highest BCUT2D eigenvalue weighted by Crippen LogP contribution is 2.60. The fourth-order valence-corrected chi connectivity index (χ4v) is 9.19. The van der Waals surface area contributed by atoms with E-state index < -0.39 is 83.7 Å². The van der Waals surface area contributed by atoms with Crippen molar-refractivity contribution in [3.05, 3.63) is 83.5 Å². The van der Waals surface area contributed by atoms with Crippen LogP contribution in [0.1, 0.15) is 168 Å². The number of nitrogens with two attached hydrogens (primary N) is 1. The average Bonchev–Trinajstić information content (AvgIpc) is 3.60. The van der Waals surface area contributed by atoms with Crippen LogP contribution in [-0.4, -0.2) is 91.5 Å². The SMILES string of the molecule is CCCCC/C=C\C/C=C\C/C=C\C=C\C(=O)CCCC(=O)O[C@H](COC(=O)CCCCCCC/C=C\CCCCCCCC)COP(=O)(O)OP(=O)(O)OC[C@H]1O[C@@H](n2ccc(N)nc2=O)[C@H](O)[C@@H]1O. The summed E-state index contributed by atoms with van der Waals surface area (Å²) >= 11 is 0. The van der Waals surface area contributed by atoms with Gasteiger partial charge in [0.2, 0.25) is 0 Å². The molecule has 402 valence electrons. The molecule has 19 nitrogen and oxygen atoms in total. The van der Waals surface area contributed by atoms with E-state index >= 15 is 0 Å². The highest BCUT2D eigenvalue weighted by molar-refractivity contribution is 7.61. The lowest BCUT2D eigenvalue weighted by Crippen LogP contribution is -2.36. The van der Waals surface area contributed by atoms with Crippen LogP contribution in [0.3, 0.4) is 0 Å². The Morgan fingerprint density at radius 1 is 0.718 bits per heavy atom. The van der Waals surface area contributed by atoms with Crippen molar-refractivity contribution in [2.45, 2.75) is 192 Å². The average molecular weight is 1040 g/mol. The topological polar surface area (TPSA) is 283 Å². The smallest absolute Gasteiger partial charge is 0.462 e. The summed E-state index contributed by atoms with van der Waals surface area (Å²) in [6.07, 6.45) is 33.1. The van der Waals surface area contributed by atoms with E-state index in [2.05, 4.69) is 53.5 Å². The molecule has 21 heteroatoms. The van der Waals surface area contributed by atoms with E-state index in [0.29, 0.717) is 12.8 Å². The summed E-state index contributed by atoms with van der Waals surface area (Å²) in [7, 11) is -11.0. The van der Waals surface area contributed by atoms with Crippen LogP contribution >= 0.6 is 15.6 Å². The number of hydrogen-bond donors (Lipinski definition) is 5. The number of anilines is 1. The number of phosphoric acid groups is 2. The Bertz CT molecular complexity index is 1990. The van der Waals surface area contributed by atoms with Gasteiger partial charge >= 0.3 is 33.3 Å². The summed E-state index contributed by atoms with van der Waals surface area (Å²) in [5.74, 6) is -1.81. The van der Waals surface area contributed by atoms with E-state index in [0.717, 1.165) is 62.1 Å². The number of carbonyl (C=O) groups is 3. The van der Waals surface area contributed by atoms with Gasteiger partial charge in [-0.25, -0.2) is 13.9 Å². The van der Waals surface area contributed by atoms with Crippen LogP contribution in [0.25, 0.3) is 0 Å². The number of carbonyl (C=O) groups excluding carboxylic acids is 3. The molecule has 0 aromatic carbocycles. The van der Waals surface area contributed by atoms with Crippen LogP contribution in [0.2, 0.25) is 0 Å². The number of ketones is 1. The highest BCUT2D eigenvalue weighted by atomic mass is 31.3. The molecule has 1 aliphatic rings. The third-order valence-electron chi connectivity index (χ3n) is 11.1. The van der Waals surface area contributed by atoms with Crippen molar-refractivity contribution >= 4 is 39.2 Å². The number of aliphatic hydroxyl groups is 2. The Morgan fingerprint density at radius 2 is 1.28 bits per heavy atom. The molecule has 2 unspecified atom stereocenters. The molecule has 1 fully saturated rings. The lowest BCUT2D eigenvalue weighted by Gasteiger charge is -2.21. The van der Waals surface area contributed by atoms with Gasteiger partial charge in [-0.3, -0.25) is 28.0 Å². The van der Waals surface area contributed by atoms with Crippen LogP contribution in [0.5, 0.6) is 0 Å². The number of allylic oxidation sites excluding steroid dienone is 10. The third kappa shape index (κ3) is 30.7. The van der Waals surface area contributed by atoms with Gasteiger partial charge in [0.05, 0.1) is 13.2 Å². The van der Waals surface area contributed by atoms with Crippen molar-refractivity contribution in [2.24, 2.45) is 0 Å². The van der Waals surface area contributed by atoms with Gasteiger partial charge in [-0.2, -0.15) is 9.29 Å². The van der Waals surface area contributed by atoms with E-state index in [1.54, 1.807) is 12.2 Å². The van der Waals surface area contributed by atoms with Gasteiger partial charge in [0.25, 0.3) is 0 Å². The Labute approximate surface area is 419 Å². The van der Waals surface area contributed by atoms with Crippen LogP contribution in [0.4, 0.5) is 5.82 Å². The molecule has 0 spiro atoms. The van der Waals surface area contributed by atoms with Gasteiger partial charge in [0, 0.05) is 25.5 Å². The number of esters is 2. The predicted octanol–water partition coefficient (Wildman–Crippen LogP) is 9.51. The summed E-state index contributed by atoms with van der Waals surface area (Å²) in [5.41, 5.74) is 4.56. The number of nitrogen functional groups attached to an aromatic ring is 1. The second-order valence-electron chi connectivity index (χ2n) is 17.3. The van der Waals surface area contributed by atoms with Gasteiger partial charge in [0.15, 0.2) is 18.1 Å². The normalized spacial score (nSPS) is 19.6. The minimum Gasteiger partial charge on any atom is -0.462 e. The first kappa shape index (κ1) is 63.2. The monoisotopic (exact) mass is 1040 g/mol. The number of rotatable bonds is 41. The molecule has 2 heterocycles. The lowest BCUT2D eigenvalue weighted by atomic mass is 10.1. The first-order chi connectivity index (χ1) is 34.1.